The molecule has 0 aromatic heterocycles. The van der Waals surface area contributed by atoms with E-state index >= 15 is 0 Å². The molecule has 1 aromatic carbocycles. The molecule has 0 bridgehead atoms. The minimum atomic E-state index is 0.611. The normalized spacial score (nSPS) is 17.7. The summed E-state index contributed by atoms with van der Waals surface area (Å²) < 4.78 is 0. The predicted octanol–water partition coefficient (Wildman–Crippen LogP) is 5.79. The van der Waals surface area contributed by atoms with E-state index in [1.54, 1.807) is 11.1 Å². The van der Waals surface area contributed by atoms with Gasteiger partial charge in [0.05, 0.1) is 0 Å². The van der Waals surface area contributed by atoms with Crippen LogP contribution in [0.3, 0.4) is 0 Å². The summed E-state index contributed by atoms with van der Waals surface area (Å²) in [6.45, 7) is 3.48. The first kappa shape index (κ1) is 16.5. The number of nitrogens with one attached hydrogen (secondary N) is 1. The summed E-state index contributed by atoms with van der Waals surface area (Å²) in [5, 5.41) is 3.79. The topological polar surface area (TPSA) is 12.0 Å². The van der Waals surface area contributed by atoms with Crippen LogP contribution in [-0.2, 0) is 6.42 Å². The standard InChI is InChI=1S/C20H33N/c1-2-3-4-5-6-7-8-11-17-21-20-16-12-14-18-13-9-10-15-19(18)20/h9-10,13,15,20-21H,2-8,11-12,14,16-17H2,1H3/t20-/m1/s1. The van der Waals surface area contributed by atoms with Crippen LogP contribution in [0.25, 0.3) is 0 Å². The van der Waals surface area contributed by atoms with Crippen LogP contribution in [0.1, 0.15) is 88.3 Å². The van der Waals surface area contributed by atoms with E-state index < -0.39 is 0 Å². The van der Waals surface area contributed by atoms with Crippen LogP contribution in [0.2, 0.25) is 0 Å². The van der Waals surface area contributed by atoms with E-state index in [0.717, 1.165) is 0 Å². The number of benzene rings is 1. The molecule has 1 aliphatic carbocycles. The lowest BCUT2D eigenvalue weighted by molar-refractivity contribution is 0.447. The van der Waals surface area contributed by atoms with E-state index in [9.17, 15) is 0 Å². The average molecular weight is 287 g/mol. The molecular weight excluding hydrogens is 254 g/mol. The molecule has 0 spiro atoms. The molecule has 0 saturated heterocycles. The van der Waals surface area contributed by atoms with Crippen molar-refractivity contribution in [2.75, 3.05) is 6.54 Å². The molecular formula is C20H33N. The van der Waals surface area contributed by atoms with Gasteiger partial charge in [-0.3, -0.25) is 0 Å². The van der Waals surface area contributed by atoms with Crippen LogP contribution >= 0.6 is 0 Å². The van der Waals surface area contributed by atoms with Gasteiger partial charge in [0.15, 0.2) is 0 Å². The lowest BCUT2D eigenvalue weighted by Crippen LogP contribution is -2.26. The van der Waals surface area contributed by atoms with E-state index in [1.807, 2.05) is 0 Å². The molecule has 0 amide bonds. The monoisotopic (exact) mass is 287 g/mol. The minimum Gasteiger partial charge on any atom is -0.310 e. The highest BCUT2D eigenvalue weighted by Gasteiger charge is 2.18. The van der Waals surface area contributed by atoms with Crippen molar-refractivity contribution >= 4 is 0 Å². The second-order valence-electron chi connectivity index (χ2n) is 6.57. The second kappa shape index (κ2) is 10.00. The maximum Gasteiger partial charge on any atom is 0.0323 e. The molecule has 1 N–H and O–H groups in total. The highest BCUT2D eigenvalue weighted by molar-refractivity contribution is 5.32. The molecule has 118 valence electrons. The summed E-state index contributed by atoms with van der Waals surface area (Å²) in [6, 6.07) is 9.60. The number of aryl methyl sites for hydroxylation is 1. The fraction of sp³-hybridized carbons (Fsp3) is 0.700. The molecule has 1 nitrogen and oxygen atoms in total. The van der Waals surface area contributed by atoms with Crippen LogP contribution in [0.15, 0.2) is 24.3 Å². The van der Waals surface area contributed by atoms with Crippen molar-refractivity contribution in [2.24, 2.45) is 0 Å². The molecule has 0 heterocycles. The Balaban J connectivity index is 1.56. The van der Waals surface area contributed by atoms with Crippen molar-refractivity contribution in [2.45, 2.75) is 83.6 Å². The van der Waals surface area contributed by atoms with Gasteiger partial charge in [0.25, 0.3) is 0 Å². The van der Waals surface area contributed by atoms with E-state index in [2.05, 4.69) is 36.5 Å². The molecule has 1 aliphatic rings. The van der Waals surface area contributed by atoms with Crippen molar-refractivity contribution in [3.8, 4) is 0 Å². The molecule has 0 unspecified atom stereocenters. The van der Waals surface area contributed by atoms with E-state index in [4.69, 9.17) is 0 Å². The Morgan fingerprint density at radius 3 is 2.48 bits per heavy atom. The molecule has 1 aromatic rings. The zero-order chi connectivity index (χ0) is 14.8. The number of hydrogen-bond acceptors (Lipinski definition) is 1. The second-order valence-corrected chi connectivity index (χ2v) is 6.57. The van der Waals surface area contributed by atoms with Crippen molar-refractivity contribution in [3.63, 3.8) is 0 Å². The summed E-state index contributed by atoms with van der Waals surface area (Å²) >= 11 is 0. The number of fused-ring (bicyclic) bond motifs is 1. The van der Waals surface area contributed by atoms with E-state index in [1.165, 1.54) is 77.2 Å². The fourth-order valence-electron chi connectivity index (χ4n) is 3.50. The van der Waals surface area contributed by atoms with Gasteiger partial charge in [-0.25, -0.2) is 0 Å². The summed E-state index contributed by atoms with van der Waals surface area (Å²) in [5.41, 5.74) is 3.13. The molecule has 21 heavy (non-hydrogen) atoms. The van der Waals surface area contributed by atoms with Gasteiger partial charge in [-0.15, -0.1) is 0 Å². The SMILES string of the molecule is CCCCCCCCCCN[C@@H]1CCCc2ccccc21. The number of rotatable bonds is 10. The van der Waals surface area contributed by atoms with Crippen molar-refractivity contribution < 1.29 is 0 Å². The van der Waals surface area contributed by atoms with Crippen molar-refractivity contribution in [1.82, 2.24) is 5.32 Å². The molecule has 1 heteroatoms. The van der Waals surface area contributed by atoms with Gasteiger partial charge in [0.2, 0.25) is 0 Å². The molecule has 2 rings (SSSR count). The van der Waals surface area contributed by atoms with Crippen molar-refractivity contribution in [3.05, 3.63) is 35.4 Å². The molecule has 0 fully saturated rings. The quantitative estimate of drug-likeness (QED) is 0.537. The van der Waals surface area contributed by atoms with Crippen LogP contribution in [-0.4, -0.2) is 6.54 Å². The summed E-state index contributed by atoms with van der Waals surface area (Å²) in [5.74, 6) is 0. The summed E-state index contributed by atoms with van der Waals surface area (Å²) in [6.07, 6.45) is 15.2. The largest absolute Gasteiger partial charge is 0.310 e. The average Bonchev–Trinajstić information content (AvgIpc) is 2.53. The first-order valence-electron chi connectivity index (χ1n) is 9.23. The molecule has 0 radical (unpaired) electrons. The van der Waals surface area contributed by atoms with Gasteiger partial charge in [0, 0.05) is 6.04 Å². The first-order chi connectivity index (χ1) is 10.4. The smallest absolute Gasteiger partial charge is 0.0323 e. The van der Waals surface area contributed by atoms with Gasteiger partial charge in [-0.05, 0) is 43.4 Å². The van der Waals surface area contributed by atoms with Crippen molar-refractivity contribution in [1.29, 1.82) is 0 Å². The summed E-state index contributed by atoms with van der Waals surface area (Å²) in [7, 11) is 0. The third-order valence-corrected chi connectivity index (χ3v) is 4.79. The van der Waals surface area contributed by atoms with E-state index in [-0.39, 0.29) is 0 Å². The van der Waals surface area contributed by atoms with Gasteiger partial charge in [-0.1, -0.05) is 76.1 Å². The predicted molar refractivity (Wildman–Crippen MR) is 92.7 cm³/mol. The van der Waals surface area contributed by atoms with Gasteiger partial charge < -0.3 is 5.32 Å². The van der Waals surface area contributed by atoms with Crippen LogP contribution in [0.5, 0.6) is 0 Å². The maximum atomic E-state index is 3.79. The Morgan fingerprint density at radius 2 is 1.67 bits per heavy atom. The Morgan fingerprint density at radius 1 is 0.952 bits per heavy atom. The third-order valence-electron chi connectivity index (χ3n) is 4.79. The highest BCUT2D eigenvalue weighted by Crippen LogP contribution is 2.29. The Labute approximate surface area is 131 Å². The Kier molecular flexibility index (Phi) is 7.88. The van der Waals surface area contributed by atoms with Gasteiger partial charge >= 0.3 is 0 Å². The van der Waals surface area contributed by atoms with Crippen LogP contribution in [0.4, 0.5) is 0 Å². The molecule has 1 atom stereocenters. The zero-order valence-corrected chi connectivity index (χ0v) is 13.9. The third kappa shape index (κ3) is 5.82. The van der Waals surface area contributed by atoms with Gasteiger partial charge in [-0.2, -0.15) is 0 Å². The minimum absolute atomic E-state index is 0.611. The first-order valence-corrected chi connectivity index (χ1v) is 9.23. The lowest BCUT2D eigenvalue weighted by Gasteiger charge is -2.26. The van der Waals surface area contributed by atoms with Gasteiger partial charge in [0.1, 0.15) is 0 Å². The Bertz CT molecular complexity index is 385. The Hall–Kier alpha value is -0.820. The maximum absolute atomic E-state index is 3.79. The van der Waals surface area contributed by atoms with Crippen LogP contribution < -0.4 is 5.32 Å². The number of hydrogen-bond donors (Lipinski definition) is 1. The summed E-state index contributed by atoms with van der Waals surface area (Å²) in [4.78, 5) is 0. The van der Waals surface area contributed by atoms with E-state index in [0.29, 0.717) is 6.04 Å². The fourth-order valence-corrected chi connectivity index (χ4v) is 3.50. The highest BCUT2D eigenvalue weighted by atomic mass is 14.9. The van der Waals surface area contributed by atoms with Crippen LogP contribution in [0, 0.1) is 0 Å². The molecule has 0 saturated carbocycles. The zero-order valence-electron chi connectivity index (χ0n) is 13.9. The lowest BCUT2D eigenvalue weighted by atomic mass is 9.88. The number of unbranched alkanes of at least 4 members (excludes halogenated alkanes) is 7. The molecule has 0 aliphatic heterocycles.